The van der Waals surface area contributed by atoms with Crippen molar-refractivity contribution in [2.75, 3.05) is 0 Å². The van der Waals surface area contributed by atoms with Gasteiger partial charge in [-0.3, -0.25) is 4.79 Å². The number of carbonyl (C=O) groups is 1. The van der Waals surface area contributed by atoms with Gasteiger partial charge in [-0.05, 0) is 32.3 Å². The second-order valence-electron chi connectivity index (χ2n) is 3.17. The molecule has 1 amide bonds. The highest BCUT2D eigenvalue weighted by molar-refractivity contribution is 5.87. The number of carbonyl (C=O) groups excluding carboxylic acids is 1. The van der Waals surface area contributed by atoms with E-state index in [0.29, 0.717) is 6.42 Å². The first-order valence-electron chi connectivity index (χ1n) is 4.33. The van der Waals surface area contributed by atoms with Crippen LogP contribution in [0.2, 0.25) is 0 Å². The first-order valence-corrected chi connectivity index (χ1v) is 4.33. The van der Waals surface area contributed by atoms with Crippen molar-refractivity contribution in [2.24, 2.45) is 0 Å². The minimum Gasteiger partial charge on any atom is -0.393 e. The van der Waals surface area contributed by atoms with Crippen LogP contribution >= 0.6 is 0 Å². The number of allylic oxidation sites excluding steroid dienone is 1. The quantitative estimate of drug-likeness (QED) is 0.594. The fraction of sp³-hybridized carbons (Fsp3) is 0.667. The summed E-state index contributed by atoms with van der Waals surface area (Å²) in [6.45, 7) is 1.81. The lowest BCUT2D eigenvalue weighted by atomic mass is 10.2. The summed E-state index contributed by atoms with van der Waals surface area (Å²) in [5, 5.41) is 12.0. The first kappa shape index (κ1) is 9.26. The van der Waals surface area contributed by atoms with Crippen LogP contribution in [0.5, 0.6) is 0 Å². The molecule has 0 aromatic carbocycles. The van der Waals surface area contributed by atoms with Gasteiger partial charge in [-0.1, -0.05) is 6.08 Å². The van der Waals surface area contributed by atoms with Crippen molar-refractivity contribution in [3.63, 3.8) is 0 Å². The molecular formula is C9H15NO2. The molecule has 0 aliphatic heterocycles. The summed E-state index contributed by atoms with van der Waals surface area (Å²) in [4.78, 5) is 11.0. The summed E-state index contributed by atoms with van der Waals surface area (Å²) in [7, 11) is 0. The van der Waals surface area contributed by atoms with Crippen LogP contribution in [0, 0.1) is 0 Å². The molecule has 0 spiro atoms. The number of aliphatic hydroxyl groups is 1. The van der Waals surface area contributed by atoms with E-state index in [9.17, 15) is 9.90 Å². The predicted octanol–water partition coefficient (Wildman–Crippen LogP) is 0.592. The van der Waals surface area contributed by atoms with Gasteiger partial charge in [-0.15, -0.1) is 0 Å². The molecule has 2 N–H and O–H groups in total. The Morgan fingerprint density at radius 3 is 2.83 bits per heavy atom. The standard InChI is InChI=1S/C9H15NO2/c1-2-3-9(12)10-7-4-5-8(11)6-7/h2-3,7-8,11H,4-6H2,1H3,(H,10,12)/b3-2+/t7-,8+/m0/s1. The highest BCUT2D eigenvalue weighted by Crippen LogP contribution is 2.18. The van der Waals surface area contributed by atoms with E-state index >= 15 is 0 Å². The second-order valence-corrected chi connectivity index (χ2v) is 3.17. The lowest BCUT2D eigenvalue weighted by molar-refractivity contribution is -0.117. The molecule has 1 aliphatic rings. The SMILES string of the molecule is C/C=C/C(=O)N[C@H]1CC[C@@H](O)C1. The van der Waals surface area contributed by atoms with E-state index in [-0.39, 0.29) is 18.1 Å². The van der Waals surface area contributed by atoms with Crippen LogP contribution in [-0.2, 0) is 4.79 Å². The van der Waals surface area contributed by atoms with Gasteiger partial charge in [-0.25, -0.2) is 0 Å². The van der Waals surface area contributed by atoms with Crippen molar-refractivity contribution in [2.45, 2.75) is 38.3 Å². The van der Waals surface area contributed by atoms with Gasteiger partial charge in [0.15, 0.2) is 0 Å². The second kappa shape index (κ2) is 4.26. The third kappa shape index (κ3) is 2.66. The molecule has 68 valence electrons. The highest BCUT2D eigenvalue weighted by atomic mass is 16.3. The van der Waals surface area contributed by atoms with Gasteiger partial charge in [0.05, 0.1) is 6.10 Å². The van der Waals surface area contributed by atoms with Gasteiger partial charge < -0.3 is 10.4 Å². The summed E-state index contributed by atoms with van der Waals surface area (Å²) < 4.78 is 0. The Morgan fingerprint density at radius 2 is 2.33 bits per heavy atom. The normalized spacial score (nSPS) is 29.5. The van der Waals surface area contributed by atoms with Gasteiger partial charge in [0, 0.05) is 6.04 Å². The molecule has 0 radical (unpaired) electrons. The zero-order valence-corrected chi connectivity index (χ0v) is 7.29. The summed E-state index contributed by atoms with van der Waals surface area (Å²) in [6, 6.07) is 0.170. The minimum absolute atomic E-state index is 0.0587. The number of aliphatic hydroxyl groups excluding tert-OH is 1. The number of hydrogen-bond acceptors (Lipinski definition) is 2. The Balaban J connectivity index is 2.27. The van der Waals surface area contributed by atoms with Gasteiger partial charge in [-0.2, -0.15) is 0 Å². The molecular weight excluding hydrogens is 154 g/mol. The third-order valence-electron chi connectivity index (χ3n) is 2.07. The van der Waals surface area contributed by atoms with E-state index in [1.807, 2.05) is 6.92 Å². The van der Waals surface area contributed by atoms with Crippen molar-refractivity contribution in [3.05, 3.63) is 12.2 Å². The maximum atomic E-state index is 11.0. The van der Waals surface area contributed by atoms with Crippen LogP contribution in [0.25, 0.3) is 0 Å². The van der Waals surface area contributed by atoms with Crippen LogP contribution in [0.15, 0.2) is 12.2 Å². The number of rotatable bonds is 2. The Hall–Kier alpha value is -0.830. The molecule has 0 saturated heterocycles. The van der Waals surface area contributed by atoms with E-state index in [0.717, 1.165) is 12.8 Å². The fourth-order valence-electron chi connectivity index (χ4n) is 1.49. The maximum absolute atomic E-state index is 11.0. The maximum Gasteiger partial charge on any atom is 0.243 e. The lowest BCUT2D eigenvalue weighted by Crippen LogP contribution is -2.31. The largest absolute Gasteiger partial charge is 0.393 e. The molecule has 12 heavy (non-hydrogen) atoms. The van der Waals surface area contributed by atoms with Crippen molar-refractivity contribution >= 4 is 5.91 Å². The minimum atomic E-state index is -0.221. The first-order chi connectivity index (χ1) is 5.72. The molecule has 0 aromatic rings. The summed E-state index contributed by atoms with van der Waals surface area (Å²) in [5.41, 5.74) is 0. The Bertz CT molecular complexity index is 189. The molecule has 0 unspecified atom stereocenters. The Morgan fingerprint density at radius 1 is 1.58 bits per heavy atom. The van der Waals surface area contributed by atoms with E-state index < -0.39 is 0 Å². The average molecular weight is 169 g/mol. The number of nitrogens with one attached hydrogen (secondary N) is 1. The smallest absolute Gasteiger partial charge is 0.243 e. The Labute approximate surface area is 72.5 Å². The van der Waals surface area contributed by atoms with Crippen molar-refractivity contribution in [1.82, 2.24) is 5.32 Å². The summed E-state index contributed by atoms with van der Waals surface area (Å²) >= 11 is 0. The van der Waals surface area contributed by atoms with Crippen molar-refractivity contribution in [1.29, 1.82) is 0 Å². The van der Waals surface area contributed by atoms with Crippen molar-refractivity contribution in [3.8, 4) is 0 Å². The molecule has 1 aliphatic carbocycles. The number of hydrogen-bond donors (Lipinski definition) is 2. The van der Waals surface area contributed by atoms with Gasteiger partial charge >= 0.3 is 0 Å². The lowest BCUT2D eigenvalue weighted by Gasteiger charge is -2.09. The zero-order valence-electron chi connectivity index (χ0n) is 7.29. The molecule has 0 heterocycles. The van der Waals surface area contributed by atoms with Gasteiger partial charge in [0.1, 0.15) is 0 Å². The molecule has 0 bridgehead atoms. The summed E-state index contributed by atoms with van der Waals surface area (Å²) in [5.74, 6) is -0.0587. The van der Waals surface area contributed by atoms with Crippen molar-refractivity contribution < 1.29 is 9.90 Å². The summed E-state index contributed by atoms with van der Waals surface area (Å²) in [6.07, 6.45) is 5.39. The van der Waals surface area contributed by atoms with Crippen LogP contribution in [0.3, 0.4) is 0 Å². The molecule has 3 nitrogen and oxygen atoms in total. The predicted molar refractivity (Wildman–Crippen MR) is 46.6 cm³/mol. The monoisotopic (exact) mass is 169 g/mol. The molecule has 1 saturated carbocycles. The molecule has 3 heteroatoms. The van der Waals surface area contributed by atoms with Gasteiger partial charge in [0.2, 0.25) is 5.91 Å². The van der Waals surface area contributed by atoms with E-state index in [1.165, 1.54) is 6.08 Å². The molecule has 1 rings (SSSR count). The average Bonchev–Trinajstić information content (AvgIpc) is 2.36. The number of amides is 1. The zero-order chi connectivity index (χ0) is 8.97. The molecule has 0 aromatic heterocycles. The fourth-order valence-corrected chi connectivity index (χ4v) is 1.49. The molecule has 1 fully saturated rings. The Kier molecular flexibility index (Phi) is 3.29. The molecule has 2 atom stereocenters. The van der Waals surface area contributed by atoms with Gasteiger partial charge in [0.25, 0.3) is 0 Å². The van der Waals surface area contributed by atoms with E-state index in [2.05, 4.69) is 5.32 Å². The van der Waals surface area contributed by atoms with E-state index in [1.54, 1.807) is 6.08 Å². The van der Waals surface area contributed by atoms with Crippen LogP contribution < -0.4 is 5.32 Å². The third-order valence-corrected chi connectivity index (χ3v) is 2.07. The van der Waals surface area contributed by atoms with Crippen LogP contribution in [0.4, 0.5) is 0 Å². The highest BCUT2D eigenvalue weighted by Gasteiger charge is 2.23. The van der Waals surface area contributed by atoms with Crippen LogP contribution in [0.1, 0.15) is 26.2 Å². The van der Waals surface area contributed by atoms with E-state index in [4.69, 9.17) is 0 Å². The topological polar surface area (TPSA) is 49.3 Å². The van der Waals surface area contributed by atoms with Crippen LogP contribution in [-0.4, -0.2) is 23.2 Å².